The van der Waals surface area contributed by atoms with Crippen LogP contribution in [0, 0.1) is 13.8 Å². The molecule has 0 aliphatic carbocycles. The Morgan fingerprint density at radius 2 is 1.67 bits per heavy atom. The van der Waals surface area contributed by atoms with Crippen molar-refractivity contribution >= 4 is 15.7 Å². The highest BCUT2D eigenvalue weighted by Gasteiger charge is 2.21. The van der Waals surface area contributed by atoms with E-state index >= 15 is 0 Å². The first-order valence-corrected chi connectivity index (χ1v) is 9.31. The van der Waals surface area contributed by atoms with E-state index in [9.17, 15) is 8.42 Å². The van der Waals surface area contributed by atoms with E-state index in [0.717, 1.165) is 11.1 Å². The van der Waals surface area contributed by atoms with Gasteiger partial charge in [-0.15, -0.1) is 0 Å². The van der Waals surface area contributed by atoms with Crippen molar-refractivity contribution in [1.29, 1.82) is 0 Å². The van der Waals surface area contributed by atoms with Crippen LogP contribution in [0.5, 0.6) is 5.75 Å². The number of aryl methyl sites for hydroxylation is 2. The van der Waals surface area contributed by atoms with Crippen LogP contribution in [0.3, 0.4) is 0 Å². The third-order valence-corrected chi connectivity index (χ3v) is 5.45. The van der Waals surface area contributed by atoms with Gasteiger partial charge in [0.05, 0.1) is 17.7 Å². The number of methoxy groups -OCH3 is 1. The Hall–Kier alpha value is -2.01. The monoisotopic (exact) mass is 347 g/mol. The third-order valence-electron chi connectivity index (χ3n) is 3.94. The largest absolute Gasteiger partial charge is 0.495 e. The summed E-state index contributed by atoms with van der Waals surface area (Å²) in [4.78, 5) is 0.283. The van der Waals surface area contributed by atoms with Crippen molar-refractivity contribution in [1.82, 2.24) is 0 Å². The lowest BCUT2D eigenvalue weighted by molar-refractivity contribution is 0.416. The predicted molar refractivity (Wildman–Crippen MR) is 98.4 cm³/mol. The molecule has 0 radical (unpaired) electrons. The minimum absolute atomic E-state index is 0.0916. The molecule has 0 fully saturated rings. The van der Waals surface area contributed by atoms with E-state index in [1.165, 1.54) is 7.11 Å². The zero-order chi connectivity index (χ0) is 18.1. The molecule has 2 aromatic rings. The van der Waals surface area contributed by atoms with E-state index in [2.05, 4.69) is 25.5 Å². The van der Waals surface area contributed by atoms with Gasteiger partial charge in [-0.1, -0.05) is 39.0 Å². The highest BCUT2D eigenvalue weighted by Crippen LogP contribution is 2.33. The molecule has 0 saturated carbocycles. The molecule has 4 nitrogen and oxygen atoms in total. The second-order valence-electron chi connectivity index (χ2n) is 7.04. The summed E-state index contributed by atoms with van der Waals surface area (Å²) in [5.41, 5.74) is 2.99. The summed E-state index contributed by atoms with van der Waals surface area (Å²) in [6.07, 6.45) is 0. The third kappa shape index (κ3) is 3.90. The molecule has 0 aromatic heterocycles. The first kappa shape index (κ1) is 18.3. The lowest BCUT2D eigenvalue weighted by atomic mass is 9.87. The van der Waals surface area contributed by atoms with Crippen LogP contribution in [0.1, 0.15) is 37.5 Å². The van der Waals surface area contributed by atoms with Gasteiger partial charge in [0.2, 0.25) is 0 Å². The van der Waals surface area contributed by atoms with Gasteiger partial charge in [-0.05, 0) is 54.2 Å². The maximum absolute atomic E-state index is 12.8. The van der Waals surface area contributed by atoms with Gasteiger partial charge in [0.25, 0.3) is 10.0 Å². The number of benzene rings is 2. The molecule has 2 rings (SSSR count). The molecule has 1 N–H and O–H groups in total. The van der Waals surface area contributed by atoms with Gasteiger partial charge in [-0.2, -0.15) is 0 Å². The molecular formula is C19H25NO3S. The maximum atomic E-state index is 12.8. The average Bonchev–Trinajstić information content (AvgIpc) is 2.48. The lowest BCUT2D eigenvalue weighted by Gasteiger charge is -2.21. The van der Waals surface area contributed by atoms with E-state index in [1.54, 1.807) is 19.1 Å². The average molecular weight is 347 g/mol. The molecule has 0 bridgehead atoms. The topological polar surface area (TPSA) is 55.4 Å². The fourth-order valence-corrected chi connectivity index (χ4v) is 3.84. The van der Waals surface area contributed by atoms with Crippen LogP contribution in [0.15, 0.2) is 41.3 Å². The smallest absolute Gasteiger partial charge is 0.262 e. The van der Waals surface area contributed by atoms with Crippen LogP contribution in [0.25, 0.3) is 0 Å². The zero-order valence-electron chi connectivity index (χ0n) is 15.1. The fraction of sp³-hybridized carbons (Fsp3) is 0.368. The lowest BCUT2D eigenvalue weighted by Crippen LogP contribution is -2.17. The summed E-state index contributed by atoms with van der Waals surface area (Å²) in [6, 6.07) is 11.0. The number of nitrogens with one attached hydrogen (secondary N) is 1. The van der Waals surface area contributed by atoms with Gasteiger partial charge in [-0.3, -0.25) is 4.72 Å². The van der Waals surface area contributed by atoms with Gasteiger partial charge >= 0.3 is 0 Å². The van der Waals surface area contributed by atoms with Crippen LogP contribution in [-0.2, 0) is 15.4 Å². The van der Waals surface area contributed by atoms with Crippen molar-refractivity contribution in [3.05, 3.63) is 53.1 Å². The molecule has 0 atom stereocenters. The number of anilines is 1. The fourth-order valence-electron chi connectivity index (χ4n) is 2.45. The molecule has 24 heavy (non-hydrogen) atoms. The standard InChI is InChI=1S/C19H25NO3S/c1-13-7-8-14(2)18(11-13)24(21,22)20-16-12-15(19(3,4)5)9-10-17(16)23-6/h7-12,20H,1-6H3. The summed E-state index contributed by atoms with van der Waals surface area (Å²) in [6.45, 7) is 9.91. The molecule has 0 unspecified atom stereocenters. The van der Waals surface area contributed by atoms with E-state index in [0.29, 0.717) is 17.0 Å². The summed E-state index contributed by atoms with van der Waals surface area (Å²) in [7, 11) is -2.16. The SMILES string of the molecule is COc1ccc(C(C)(C)C)cc1NS(=O)(=O)c1cc(C)ccc1C. The zero-order valence-corrected chi connectivity index (χ0v) is 15.9. The second-order valence-corrected chi connectivity index (χ2v) is 8.69. The Bertz CT molecular complexity index is 849. The predicted octanol–water partition coefficient (Wildman–Crippen LogP) is 4.41. The number of hydrogen-bond acceptors (Lipinski definition) is 3. The van der Waals surface area contributed by atoms with E-state index in [1.807, 2.05) is 31.2 Å². The minimum Gasteiger partial charge on any atom is -0.495 e. The van der Waals surface area contributed by atoms with Crippen LogP contribution >= 0.6 is 0 Å². The van der Waals surface area contributed by atoms with Crippen molar-refractivity contribution in [2.45, 2.75) is 44.9 Å². The summed E-state index contributed by atoms with van der Waals surface area (Å²) < 4.78 is 33.7. The first-order chi connectivity index (χ1) is 11.0. The maximum Gasteiger partial charge on any atom is 0.262 e. The van der Waals surface area contributed by atoms with E-state index in [-0.39, 0.29) is 10.3 Å². The molecule has 0 saturated heterocycles. The highest BCUT2D eigenvalue weighted by molar-refractivity contribution is 7.92. The Morgan fingerprint density at radius 1 is 1.00 bits per heavy atom. The number of hydrogen-bond donors (Lipinski definition) is 1. The summed E-state index contributed by atoms with van der Waals surface area (Å²) >= 11 is 0. The molecule has 0 heterocycles. The van der Waals surface area contributed by atoms with Crippen LogP contribution in [0.2, 0.25) is 0 Å². The van der Waals surface area contributed by atoms with E-state index < -0.39 is 10.0 Å². The van der Waals surface area contributed by atoms with Crippen molar-refractivity contribution < 1.29 is 13.2 Å². The van der Waals surface area contributed by atoms with Crippen molar-refractivity contribution in [3.8, 4) is 5.75 Å². The molecule has 130 valence electrons. The molecule has 5 heteroatoms. The van der Waals surface area contributed by atoms with Gasteiger partial charge < -0.3 is 4.74 Å². The van der Waals surface area contributed by atoms with Crippen LogP contribution < -0.4 is 9.46 Å². The Labute approximate surface area is 144 Å². The molecular weight excluding hydrogens is 322 g/mol. The first-order valence-electron chi connectivity index (χ1n) is 7.83. The molecule has 0 spiro atoms. The van der Waals surface area contributed by atoms with Gasteiger partial charge in [0, 0.05) is 0 Å². The van der Waals surface area contributed by atoms with Gasteiger partial charge in [0.1, 0.15) is 5.75 Å². The minimum atomic E-state index is -3.69. The second kappa shape index (κ2) is 6.48. The van der Waals surface area contributed by atoms with Crippen LogP contribution in [0.4, 0.5) is 5.69 Å². The summed E-state index contributed by atoms with van der Waals surface area (Å²) in [5.74, 6) is 0.497. The Kier molecular flexibility index (Phi) is 4.95. The molecule has 2 aromatic carbocycles. The molecule has 0 aliphatic rings. The van der Waals surface area contributed by atoms with Crippen molar-refractivity contribution in [3.63, 3.8) is 0 Å². The number of sulfonamides is 1. The van der Waals surface area contributed by atoms with Crippen LogP contribution in [-0.4, -0.2) is 15.5 Å². The number of ether oxygens (including phenoxy) is 1. The Morgan fingerprint density at radius 3 is 2.25 bits per heavy atom. The van der Waals surface area contributed by atoms with Gasteiger partial charge in [-0.25, -0.2) is 8.42 Å². The molecule has 0 aliphatic heterocycles. The quantitative estimate of drug-likeness (QED) is 0.891. The van der Waals surface area contributed by atoms with Crippen molar-refractivity contribution in [2.75, 3.05) is 11.8 Å². The normalized spacial score (nSPS) is 12.1. The van der Waals surface area contributed by atoms with Crippen molar-refractivity contribution in [2.24, 2.45) is 0 Å². The molecule has 0 amide bonds. The summed E-state index contributed by atoms with van der Waals surface area (Å²) in [5, 5.41) is 0. The van der Waals surface area contributed by atoms with E-state index in [4.69, 9.17) is 4.74 Å². The Balaban J connectivity index is 2.51. The highest BCUT2D eigenvalue weighted by atomic mass is 32.2. The van der Waals surface area contributed by atoms with Gasteiger partial charge in [0.15, 0.2) is 0 Å². The number of rotatable bonds is 4.